The molecule has 4 rings (SSSR count). The van der Waals surface area contributed by atoms with Crippen LogP contribution in [0, 0.1) is 0 Å². The molecule has 3 aromatic rings. The molecule has 1 unspecified atom stereocenters. The highest BCUT2D eigenvalue weighted by atomic mass is 35.5. The standard InChI is InChI=1S/C25H27ClN4O3/c1-3-32-20-10-8-19(9-11-20)22-12-13-24(28-27-22)29-14-16-30(17-15-29)25(31)18(2)33-23-7-5-4-6-21(23)26/h4-13,18H,3,14-17H2,1-2H3. The Labute approximate surface area is 198 Å². The van der Waals surface area contributed by atoms with Crippen molar-refractivity contribution in [3.05, 3.63) is 65.7 Å². The van der Waals surface area contributed by atoms with Gasteiger partial charge in [-0.2, -0.15) is 0 Å². The van der Waals surface area contributed by atoms with Crippen LogP contribution < -0.4 is 14.4 Å². The quantitative estimate of drug-likeness (QED) is 0.516. The Balaban J connectivity index is 1.32. The van der Waals surface area contributed by atoms with Crippen LogP contribution in [0.2, 0.25) is 5.02 Å². The van der Waals surface area contributed by atoms with Crippen LogP contribution in [0.1, 0.15) is 13.8 Å². The topological polar surface area (TPSA) is 67.8 Å². The summed E-state index contributed by atoms with van der Waals surface area (Å²) in [5, 5.41) is 9.30. The summed E-state index contributed by atoms with van der Waals surface area (Å²) in [5.74, 6) is 2.11. The van der Waals surface area contributed by atoms with Crippen LogP contribution in [0.3, 0.4) is 0 Å². The van der Waals surface area contributed by atoms with Crippen LogP contribution >= 0.6 is 11.6 Å². The Morgan fingerprint density at radius 3 is 2.36 bits per heavy atom. The van der Waals surface area contributed by atoms with Crippen LogP contribution in [0.5, 0.6) is 11.5 Å². The maximum absolute atomic E-state index is 12.8. The van der Waals surface area contributed by atoms with E-state index in [1.807, 2.05) is 60.4 Å². The van der Waals surface area contributed by atoms with E-state index in [2.05, 4.69) is 15.1 Å². The molecule has 1 fully saturated rings. The molecule has 0 spiro atoms. The molecule has 172 valence electrons. The number of para-hydroxylation sites is 1. The number of nitrogens with zero attached hydrogens (tertiary/aromatic N) is 4. The molecule has 0 aliphatic carbocycles. The molecule has 33 heavy (non-hydrogen) atoms. The molecule has 2 heterocycles. The fourth-order valence-electron chi connectivity index (χ4n) is 3.73. The number of carbonyl (C=O) groups is 1. The molecule has 1 aromatic heterocycles. The lowest BCUT2D eigenvalue weighted by Crippen LogP contribution is -2.52. The number of anilines is 1. The molecule has 0 saturated carbocycles. The summed E-state index contributed by atoms with van der Waals surface area (Å²) >= 11 is 6.14. The summed E-state index contributed by atoms with van der Waals surface area (Å²) in [4.78, 5) is 16.8. The third kappa shape index (κ3) is 5.54. The summed E-state index contributed by atoms with van der Waals surface area (Å²) < 4.78 is 11.3. The molecule has 0 bridgehead atoms. The first-order valence-electron chi connectivity index (χ1n) is 11.1. The second kappa shape index (κ2) is 10.5. The number of piperazine rings is 1. The lowest BCUT2D eigenvalue weighted by Gasteiger charge is -2.36. The maximum atomic E-state index is 12.8. The third-order valence-electron chi connectivity index (χ3n) is 5.52. The van der Waals surface area contributed by atoms with E-state index in [4.69, 9.17) is 21.1 Å². The first kappa shape index (κ1) is 22.9. The highest BCUT2D eigenvalue weighted by molar-refractivity contribution is 6.32. The van der Waals surface area contributed by atoms with E-state index in [9.17, 15) is 4.79 Å². The van der Waals surface area contributed by atoms with Crippen molar-refractivity contribution in [2.45, 2.75) is 20.0 Å². The van der Waals surface area contributed by atoms with Gasteiger partial charge < -0.3 is 19.3 Å². The Bertz CT molecular complexity index is 1070. The van der Waals surface area contributed by atoms with E-state index in [0.717, 1.165) is 22.8 Å². The van der Waals surface area contributed by atoms with E-state index in [-0.39, 0.29) is 5.91 Å². The normalized spacial score (nSPS) is 14.6. The van der Waals surface area contributed by atoms with Crippen molar-refractivity contribution in [3.8, 4) is 22.8 Å². The van der Waals surface area contributed by atoms with Gasteiger partial charge in [0.15, 0.2) is 11.9 Å². The molecule has 8 heteroatoms. The SMILES string of the molecule is CCOc1ccc(-c2ccc(N3CCN(C(=O)C(C)Oc4ccccc4Cl)CC3)nn2)cc1. The van der Waals surface area contributed by atoms with E-state index >= 15 is 0 Å². The average Bonchev–Trinajstić information content (AvgIpc) is 2.86. The fraction of sp³-hybridized carbons (Fsp3) is 0.320. The number of amides is 1. The zero-order valence-corrected chi connectivity index (χ0v) is 19.5. The lowest BCUT2D eigenvalue weighted by molar-refractivity contribution is -0.138. The Kier molecular flexibility index (Phi) is 7.29. The summed E-state index contributed by atoms with van der Waals surface area (Å²) in [6.45, 7) is 6.91. The molecule has 7 nitrogen and oxygen atoms in total. The Hall–Kier alpha value is -3.32. The largest absolute Gasteiger partial charge is 0.494 e. The molecule has 0 N–H and O–H groups in total. The van der Waals surface area contributed by atoms with Crippen molar-refractivity contribution in [2.24, 2.45) is 0 Å². The summed E-state index contributed by atoms with van der Waals surface area (Å²) in [6.07, 6.45) is -0.607. The molecule has 1 atom stereocenters. The second-order valence-electron chi connectivity index (χ2n) is 7.74. The van der Waals surface area contributed by atoms with Crippen LogP contribution in [0.15, 0.2) is 60.7 Å². The number of carbonyl (C=O) groups excluding carboxylic acids is 1. The molecule has 1 aliphatic heterocycles. The van der Waals surface area contributed by atoms with Gasteiger partial charge in [0.25, 0.3) is 5.91 Å². The Morgan fingerprint density at radius 2 is 1.73 bits per heavy atom. The van der Waals surface area contributed by atoms with Crippen molar-refractivity contribution in [2.75, 3.05) is 37.7 Å². The number of ether oxygens (including phenoxy) is 2. The predicted octanol–water partition coefficient (Wildman–Crippen LogP) is 4.31. The number of hydrogen-bond acceptors (Lipinski definition) is 6. The highest BCUT2D eigenvalue weighted by Gasteiger charge is 2.27. The molecule has 1 aliphatic rings. The van der Waals surface area contributed by atoms with E-state index in [0.29, 0.717) is 43.6 Å². The second-order valence-corrected chi connectivity index (χ2v) is 8.14. The number of halogens is 1. The molecular formula is C25H27ClN4O3. The van der Waals surface area contributed by atoms with Gasteiger partial charge in [0, 0.05) is 31.7 Å². The van der Waals surface area contributed by atoms with Crippen LogP contribution in [0.25, 0.3) is 11.3 Å². The molecule has 1 amide bonds. The summed E-state index contributed by atoms with van der Waals surface area (Å²) in [7, 11) is 0. The maximum Gasteiger partial charge on any atom is 0.263 e. The number of aromatic nitrogens is 2. The van der Waals surface area contributed by atoms with Crippen molar-refractivity contribution >= 4 is 23.3 Å². The molecule has 0 radical (unpaired) electrons. The first-order chi connectivity index (χ1) is 16.0. The van der Waals surface area contributed by atoms with Gasteiger partial charge in [-0.25, -0.2) is 0 Å². The molecular weight excluding hydrogens is 440 g/mol. The van der Waals surface area contributed by atoms with Gasteiger partial charge in [-0.1, -0.05) is 23.7 Å². The zero-order valence-electron chi connectivity index (χ0n) is 18.8. The number of hydrogen-bond donors (Lipinski definition) is 0. The van der Waals surface area contributed by atoms with E-state index in [1.165, 1.54) is 0 Å². The number of rotatable bonds is 7. The smallest absolute Gasteiger partial charge is 0.263 e. The van der Waals surface area contributed by atoms with E-state index < -0.39 is 6.10 Å². The minimum Gasteiger partial charge on any atom is -0.494 e. The van der Waals surface area contributed by atoms with Crippen molar-refractivity contribution < 1.29 is 14.3 Å². The van der Waals surface area contributed by atoms with Crippen molar-refractivity contribution in [1.29, 1.82) is 0 Å². The van der Waals surface area contributed by atoms with Crippen LogP contribution in [-0.4, -0.2) is 59.9 Å². The van der Waals surface area contributed by atoms with Crippen LogP contribution in [0.4, 0.5) is 5.82 Å². The summed E-state index contributed by atoms with van der Waals surface area (Å²) in [5.41, 5.74) is 1.79. The minimum absolute atomic E-state index is 0.0495. The van der Waals surface area contributed by atoms with Crippen LogP contribution in [-0.2, 0) is 4.79 Å². The lowest BCUT2D eigenvalue weighted by atomic mass is 10.1. The Morgan fingerprint density at radius 1 is 1.00 bits per heavy atom. The van der Waals surface area contributed by atoms with Gasteiger partial charge >= 0.3 is 0 Å². The first-order valence-corrected chi connectivity index (χ1v) is 11.4. The minimum atomic E-state index is -0.607. The van der Waals surface area contributed by atoms with Gasteiger partial charge in [0.05, 0.1) is 17.3 Å². The molecule has 1 saturated heterocycles. The highest BCUT2D eigenvalue weighted by Crippen LogP contribution is 2.25. The van der Waals surface area contributed by atoms with Gasteiger partial charge in [-0.15, -0.1) is 10.2 Å². The molecule has 2 aromatic carbocycles. The number of benzene rings is 2. The predicted molar refractivity (Wildman–Crippen MR) is 129 cm³/mol. The fourth-order valence-corrected chi connectivity index (χ4v) is 3.91. The monoisotopic (exact) mass is 466 g/mol. The van der Waals surface area contributed by atoms with Crippen molar-refractivity contribution in [1.82, 2.24) is 15.1 Å². The van der Waals surface area contributed by atoms with Gasteiger partial charge in [-0.3, -0.25) is 4.79 Å². The summed E-state index contributed by atoms with van der Waals surface area (Å²) in [6, 6.07) is 18.9. The van der Waals surface area contributed by atoms with Gasteiger partial charge in [0.2, 0.25) is 0 Å². The van der Waals surface area contributed by atoms with E-state index in [1.54, 1.807) is 19.1 Å². The van der Waals surface area contributed by atoms with Gasteiger partial charge in [0.1, 0.15) is 11.5 Å². The zero-order chi connectivity index (χ0) is 23.2. The average molecular weight is 467 g/mol. The third-order valence-corrected chi connectivity index (χ3v) is 5.83. The van der Waals surface area contributed by atoms with Crippen molar-refractivity contribution in [3.63, 3.8) is 0 Å². The van der Waals surface area contributed by atoms with Gasteiger partial charge in [-0.05, 0) is 62.4 Å².